The fraction of sp³-hybridized carbons (Fsp3) is 0.625. The molecule has 0 amide bonds. The van der Waals surface area contributed by atoms with Gasteiger partial charge in [-0.3, -0.25) is 4.90 Å². The summed E-state index contributed by atoms with van der Waals surface area (Å²) in [6, 6.07) is 10.7. The zero-order chi connectivity index (χ0) is 12.8. The summed E-state index contributed by atoms with van der Waals surface area (Å²) in [4.78, 5) is 2.52. The van der Waals surface area contributed by atoms with Crippen LogP contribution in [-0.2, 0) is 11.3 Å². The standard InChI is InChI=1S/C16H25NO/c1-3-14(2)11-16-13-17(9-10-18-16)12-15-7-5-4-6-8-15/h4-8,14,16H,3,9-13H2,1-2H3. The Morgan fingerprint density at radius 2 is 2.11 bits per heavy atom. The molecule has 2 atom stereocenters. The van der Waals surface area contributed by atoms with Gasteiger partial charge in [-0.2, -0.15) is 0 Å². The number of hydrogen-bond donors (Lipinski definition) is 0. The first-order valence-corrected chi connectivity index (χ1v) is 7.15. The van der Waals surface area contributed by atoms with E-state index in [1.165, 1.54) is 18.4 Å². The van der Waals surface area contributed by atoms with Crippen molar-refractivity contribution >= 4 is 0 Å². The third-order valence-corrected chi connectivity index (χ3v) is 3.83. The van der Waals surface area contributed by atoms with Crippen molar-refractivity contribution in [3.8, 4) is 0 Å². The van der Waals surface area contributed by atoms with E-state index in [9.17, 15) is 0 Å². The van der Waals surface area contributed by atoms with Gasteiger partial charge in [-0.25, -0.2) is 0 Å². The van der Waals surface area contributed by atoms with E-state index in [4.69, 9.17) is 4.74 Å². The molecule has 1 aliphatic heterocycles. The summed E-state index contributed by atoms with van der Waals surface area (Å²) in [7, 11) is 0. The van der Waals surface area contributed by atoms with Crippen molar-refractivity contribution in [2.75, 3.05) is 19.7 Å². The van der Waals surface area contributed by atoms with Crippen molar-refractivity contribution in [3.05, 3.63) is 35.9 Å². The van der Waals surface area contributed by atoms with Gasteiger partial charge in [0.2, 0.25) is 0 Å². The Labute approximate surface area is 111 Å². The lowest BCUT2D eigenvalue weighted by molar-refractivity contribution is -0.0411. The molecule has 0 spiro atoms. The van der Waals surface area contributed by atoms with Crippen LogP contribution in [-0.4, -0.2) is 30.7 Å². The number of ether oxygens (including phenoxy) is 1. The Balaban J connectivity index is 1.83. The minimum atomic E-state index is 0.428. The summed E-state index contributed by atoms with van der Waals surface area (Å²) in [6.45, 7) is 8.66. The molecular weight excluding hydrogens is 222 g/mol. The highest BCUT2D eigenvalue weighted by molar-refractivity contribution is 5.14. The maximum absolute atomic E-state index is 5.88. The van der Waals surface area contributed by atoms with Gasteiger partial charge in [0.15, 0.2) is 0 Å². The Kier molecular flexibility index (Phi) is 5.21. The summed E-state index contributed by atoms with van der Waals surface area (Å²) in [5.41, 5.74) is 1.40. The van der Waals surface area contributed by atoms with Crippen LogP contribution in [0.5, 0.6) is 0 Å². The van der Waals surface area contributed by atoms with Gasteiger partial charge < -0.3 is 4.74 Å². The van der Waals surface area contributed by atoms with Crippen LogP contribution in [0, 0.1) is 5.92 Å². The number of hydrogen-bond acceptors (Lipinski definition) is 2. The molecule has 1 aromatic carbocycles. The van der Waals surface area contributed by atoms with E-state index in [1.54, 1.807) is 0 Å². The second kappa shape index (κ2) is 6.91. The molecule has 100 valence electrons. The molecule has 0 bridgehead atoms. The Morgan fingerprint density at radius 3 is 2.83 bits per heavy atom. The fourth-order valence-corrected chi connectivity index (χ4v) is 2.52. The summed E-state index contributed by atoms with van der Waals surface area (Å²) in [5, 5.41) is 0. The fourth-order valence-electron chi connectivity index (χ4n) is 2.52. The second-order valence-corrected chi connectivity index (χ2v) is 5.46. The van der Waals surface area contributed by atoms with Crippen LogP contribution in [0.15, 0.2) is 30.3 Å². The van der Waals surface area contributed by atoms with Gasteiger partial charge >= 0.3 is 0 Å². The zero-order valence-electron chi connectivity index (χ0n) is 11.6. The summed E-state index contributed by atoms with van der Waals surface area (Å²) >= 11 is 0. The lowest BCUT2D eigenvalue weighted by atomic mass is 10.00. The van der Waals surface area contributed by atoms with Crippen LogP contribution in [0.2, 0.25) is 0 Å². The van der Waals surface area contributed by atoms with E-state index in [2.05, 4.69) is 49.1 Å². The van der Waals surface area contributed by atoms with E-state index in [0.717, 1.165) is 32.2 Å². The highest BCUT2D eigenvalue weighted by Gasteiger charge is 2.21. The maximum Gasteiger partial charge on any atom is 0.0705 e. The average molecular weight is 247 g/mol. The molecule has 18 heavy (non-hydrogen) atoms. The lowest BCUT2D eigenvalue weighted by Crippen LogP contribution is -2.42. The van der Waals surface area contributed by atoms with E-state index >= 15 is 0 Å². The number of benzene rings is 1. The first-order chi connectivity index (χ1) is 8.78. The molecular formula is C16H25NO. The molecule has 0 radical (unpaired) electrons. The summed E-state index contributed by atoms with van der Waals surface area (Å²) in [5.74, 6) is 0.770. The van der Waals surface area contributed by atoms with Crippen molar-refractivity contribution in [1.82, 2.24) is 4.90 Å². The van der Waals surface area contributed by atoms with Crippen molar-refractivity contribution in [2.45, 2.75) is 39.3 Å². The lowest BCUT2D eigenvalue weighted by Gasteiger charge is -2.34. The topological polar surface area (TPSA) is 12.5 Å². The number of nitrogens with zero attached hydrogens (tertiary/aromatic N) is 1. The van der Waals surface area contributed by atoms with Crippen LogP contribution < -0.4 is 0 Å². The van der Waals surface area contributed by atoms with Gasteiger partial charge in [0.05, 0.1) is 12.7 Å². The van der Waals surface area contributed by atoms with Gasteiger partial charge in [-0.1, -0.05) is 50.6 Å². The predicted molar refractivity (Wildman–Crippen MR) is 75.5 cm³/mol. The molecule has 0 saturated carbocycles. The number of rotatable bonds is 5. The molecule has 1 aromatic rings. The van der Waals surface area contributed by atoms with Gasteiger partial charge in [-0.15, -0.1) is 0 Å². The zero-order valence-corrected chi connectivity index (χ0v) is 11.6. The highest BCUT2D eigenvalue weighted by atomic mass is 16.5. The van der Waals surface area contributed by atoms with Crippen LogP contribution in [0.3, 0.4) is 0 Å². The molecule has 2 nitrogen and oxygen atoms in total. The maximum atomic E-state index is 5.88. The quantitative estimate of drug-likeness (QED) is 0.791. The summed E-state index contributed by atoms with van der Waals surface area (Å²) < 4.78 is 5.88. The molecule has 2 unspecified atom stereocenters. The number of morpholine rings is 1. The highest BCUT2D eigenvalue weighted by Crippen LogP contribution is 2.17. The monoisotopic (exact) mass is 247 g/mol. The molecule has 1 aliphatic rings. The Morgan fingerprint density at radius 1 is 1.33 bits per heavy atom. The molecule has 2 rings (SSSR count). The molecule has 0 aromatic heterocycles. The molecule has 2 heteroatoms. The summed E-state index contributed by atoms with van der Waals surface area (Å²) in [6.07, 6.45) is 2.87. The average Bonchev–Trinajstić information content (AvgIpc) is 2.40. The van der Waals surface area contributed by atoms with E-state index in [1.807, 2.05) is 0 Å². The Hall–Kier alpha value is -0.860. The van der Waals surface area contributed by atoms with Crippen molar-refractivity contribution in [2.24, 2.45) is 5.92 Å². The van der Waals surface area contributed by atoms with Crippen molar-refractivity contribution < 1.29 is 4.74 Å². The first kappa shape index (κ1) is 13.6. The smallest absolute Gasteiger partial charge is 0.0705 e. The first-order valence-electron chi connectivity index (χ1n) is 7.15. The predicted octanol–water partition coefficient (Wildman–Crippen LogP) is 3.32. The largest absolute Gasteiger partial charge is 0.376 e. The van der Waals surface area contributed by atoms with Gasteiger partial charge in [-0.05, 0) is 17.9 Å². The van der Waals surface area contributed by atoms with E-state index in [-0.39, 0.29) is 0 Å². The van der Waals surface area contributed by atoms with Crippen molar-refractivity contribution in [1.29, 1.82) is 0 Å². The third kappa shape index (κ3) is 4.11. The molecule has 1 heterocycles. The molecule has 0 N–H and O–H groups in total. The minimum absolute atomic E-state index is 0.428. The molecule has 0 aliphatic carbocycles. The van der Waals surface area contributed by atoms with Gasteiger partial charge in [0.25, 0.3) is 0 Å². The third-order valence-electron chi connectivity index (χ3n) is 3.83. The van der Waals surface area contributed by atoms with Crippen LogP contribution in [0.25, 0.3) is 0 Å². The molecule has 1 saturated heterocycles. The van der Waals surface area contributed by atoms with Crippen LogP contribution >= 0.6 is 0 Å². The Bertz CT molecular complexity index is 338. The molecule has 1 fully saturated rings. The normalized spacial score (nSPS) is 22.9. The van der Waals surface area contributed by atoms with Crippen LogP contribution in [0.1, 0.15) is 32.3 Å². The van der Waals surface area contributed by atoms with Crippen LogP contribution in [0.4, 0.5) is 0 Å². The van der Waals surface area contributed by atoms with Gasteiger partial charge in [0, 0.05) is 19.6 Å². The van der Waals surface area contributed by atoms with E-state index in [0.29, 0.717) is 6.10 Å². The van der Waals surface area contributed by atoms with Crippen molar-refractivity contribution in [3.63, 3.8) is 0 Å². The second-order valence-electron chi connectivity index (χ2n) is 5.46. The van der Waals surface area contributed by atoms with Gasteiger partial charge in [0.1, 0.15) is 0 Å². The SMILES string of the molecule is CCC(C)CC1CN(Cc2ccccc2)CCO1. The van der Waals surface area contributed by atoms with E-state index < -0.39 is 0 Å². The minimum Gasteiger partial charge on any atom is -0.376 e.